The van der Waals surface area contributed by atoms with Crippen molar-refractivity contribution < 1.29 is 14.2 Å². The number of hydrogen-bond acceptors (Lipinski definition) is 4. The average molecular weight is 267 g/mol. The van der Waals surface area contributed by atoms with Gasteiger partial charge in [0.1, 0.15) is 18.2 Å². The first-order chi connectivity index (χ1) is 8.56. The minimum Gasteiger partial charge on any atom is -0.487 e. The molecule has 18 heavy (non-hydrogen) atoms. The molecule has 2 rings (SSSR count). The average Bonchev–Trinajstić information content (AvgIpc) is 2.73. The number of aryl methyl sites for hydroxylation is 1. The Morgan fingerprint density at radius 2 is 2.28 bits per heavy atom. The SMILES string of the molecule is Cc1nc(COc2ccc(F)cc2C(C)O)cs1. The Bertz CT molecular complexity index is 540. The van der Waals surface area contributed by atoms with Crippen LogP contribution in [0.2, 0.25) is 0 Å². The van der Waals surface area contributed by atoms with Crippen LogP contribution >= 0.6 is 11.3 Å². The van der Waals surface area contributed by atoms with Gasteiger partial charge in [-0.05, 0) is 32.0 Å². The maximum Gasteiger partial charge on any atom is 0.131 e. The molecule has 2 aromatic rings. The molecule has 1 aromatic carbocycles. The van der Waals surface area contributed by atoms with E-state index in [0.717, 1.165) is 10.7 Å². The lowest BCUT2D eigenvalue weighted by molar-refractivity contribution is 0.189. The zero-order valence-electron chi connectivity index (χ0n) is 10.2. The first-order valence-electron chi connectivity index (χ1n) is 5.57. The summed E-state index contributed by atoms with van der Waals surface area (Å²) in [5, 5.41) is 12.5. The second kappa shape index (κ2) is 5.46. The fraction of sp³-hybridized carbons (Fsp3) is 0.308. The van der Waals surface area contributed by atoms with Crippen molar-refractivity contribution in [1.29, 1.82) is 0 Å². The van der Waals surface area contributed by atoms with Gasteiger partial charge in [0.05, 0.1) is 16.8 Å². The quantitative estimate of drug-likeness (QED) is 0.924. The van der Waals surface area contributed by atoms with E-state index in [9.17, 15) is 9.50 Å². The van der Waals surface area contributed by atoms with Crippen LogP contribution in [0.4, 0.5) is 4.39 Å². The molecule has 5 heteroatoms. The Labute approximate surface area is 109 Å². The molecular formula is C13H14FNO2S. The highest BCUT2D eigenvalue weighted by Crippen LogP contribution is 2.26. The van der Waals surface area contributed by atoms with Gasteiger partial charge in [-0.3, -0.25) is 0 Å². The van der Waals surface area contributed by atoms with Gasteiger partial charge in [-0.25, -0.2) is 9.37 Å². The van der Waals surface area contributed by atoms with Crippen LogP contribution in [0.5, 0.6) is 5.75 Å². The molecule has 3 nitrogen and oxygen atoms in total. The van der Waals surface area contributed by atoms with Crippen LogP contribution in [0, 0.1) is 12.7 Å². The number of ether oxygens (including phenoxy) is 1. The summed E-state index contributed by atoms with van der Waals surface area (Å²) in [5.74, 6) is 0.0970. The van der Waals surface area contributed by atoms with Crippen molar-refractivity contribution in [1.82, 2.24) is 4.98 Å². The van der Waals surface area contributed by atoms with Gasteiger partial charge in [0.25, 0.3) is 0 Å². The summed E-state index contributed by atoms with van der Waals surface area (Å²) in [5.41, 5.74) is 1.28. The van der Waals surface area contributed by atoms with Crippen molar-refractivity contribution in [3.63, 3.8) is 0 Å². The third-order valence-corrected chi connectivity index (χ3v) is 3.29. The Morgan fingerprint density at radius 3 is 2.89 bits per heavy atom. The summed E-state index contributed by atoms with van der Waals surface area (Å²) in [6.45, 7) is 3.82. The number of benzene rings is 1. The van der Waals surface area contributed by atoms with Crippen LogP contribution in [-0.4, -0.2) is 10.1 Å². The molecule has 1 aromatic heterocycles. The molecule has 1 N–H and O–H groups in total. The number of thiazole rings is 1. The second-order valence-corrected chi connectivity index (χ2v) is 5.07. The van der Waals surface area contributed by atoms with E-state index in [-0.39, 0.29) is 5.82 Å². The van der Waals surface area contributed by atoms with Gasteiger partial charge in [-0.1, -0.05) is 0 Å². The van der Waals surface area contributed by atoms with Crippen LogP contribution in [0.3, 0.4) is 0 Å². The molecule has 0 bridgehead atoms. The molecule has 0 aliphatic heterocycles. The number of aliphatic hydroxyl groups is 1. The van der Waals surface area contributed by atoms with Gasteiger partial charge in [0.2, 0.25) is 0 Å². The van der Waals surface area contributed by atoms with Crippen LogP contribution in [-0.2, 0) is 6.61 Å². The summed E-state index contributed by atoms with van der Waals surface area (Å²) >= 11 is 1.55. The number of aliphatic hydroxyl groups excluding tert-OH is 1. The first kappa shape index (κ1) is 13.0. The van der Waals surface area contributed by atoms with E-state index in [4.69, 9.17) is 4.74 Å². The minimum absolute atomic E-state index is 0.315. The van der Waals surface area contributed by atoms with Gasteiger partial charge in [-0.2, -0.15) is 0 Å². The molecule has 0 aliphatic rings. The van der Waals surface area contributed by atoms with Gasteiger partial charge >= 0.3 is 0 Å². The molecule has 0 radical (unpaired) electrons. The van der Waals surface area contributed by atoms with E-state index in [0.29, 0.717) is 17.9 Å². The van der Waals surface area contributed by atoms with Crippen molar-refractivity contribution >= 4 is 11.3 Å². The van der Waals surface area contributed by atoms with E-state index in [2.05, 4.69) is 4.98 Å². The van der Waals surface area contributed by atoms with Crippen LogP contribution in [0.1, 0.15) is 29.3 Å². The highest BCUT2D eigenvalue weighted by molar-refractivity contribution is 7.09. The molecule has 1 unspecified atom stereocenters. The highest BCUT2D eigenvalue weighted by Gasteiger charge is 2.11. The molecular weight excluding hydrogens is 253 g/mol. The second-order valence-electron chi connectivity index (χ2n) is 4.00. The van der Waals surface area contributed by atoms with E-state index in [1.807, 2.05) is 12.3 Å². The van der Waals surface area contributed by atoms with Gasteiger partial charge in [0.15, 0.2) is 0 Å². The third kappa shape index (κ3) is 3.05. The Kier molecular flexibility index (Phi) is 3.93. The lowest BCUT2D eigenvalue weighted by Gasteiger charge is -2.12. The fourth-order valence-corrected chi connectivity index (χ4v) is 2.20. The largest absolute Gasteiger partial charge is 0.487 e. The molecule has 0 amide bonds. The Morgan fingerprint density at radius 1 is 1.50 bits per heavy atom. The molecule has 96 valence electrons. The predicted octanol–water partition coefficient (Wildman–Crippen LogP) is 3.22. The minimum atomic E-state index is -0.770. The van der Waals surface area contributed by atoms with Crippen molar-refractivity contribution in [3.8, 4) is 5.75 Å². The first-order valence-corrected chi connectivity index (χ1v) is 6.45. The van der Waals surface area contributed by atoms with E-state index in [1.54, 1.807) is 18.3 Å². The third-order valence-electron chi connectivity index (χ3n) is 2.46. The molecule has 1 heterocycles. The zero-order chi connectivity index (χ0) is 13.1. The molecule has 0 fully saturated rings. The summed E-state index contributed by atoms with van der Waals surface area (Å²) in [7, 11) is 0. The number of nitrogens with zero attached hydrogens (tertiary/aromatic N) is 1. The molecule has 1 atom stereocenters. The molecule has 0 saturated carbocycles. The number of rotatable bonds is 4. The summed E-state index contributed by atoms with van der Waals surface area (Å²) in [4.78, 5) is 4.27. The normalized spacial score (nSPS) is 12.4. The van der Waals surface area contributed by atoms with E-state index in [1.165, 1.54) is 18.2 Å². The van der Waals surface area contributed by atoms with Gasteiger partial charge < -0.3 is 9.84 Å². The maximum atomic E-state index is 13.1. The topological polar surface area (TPSA) is 42.4 Å². The standard InChI is InChI=1S/C13H14FNO2S/c1-8(16)12-5-10(14)3-4-13(12)17-6-11-7-18-9(2)15-11/h3-5,7-8,16H,6H2,1-2H3. The number of aromatic nitrogens is 1. The number of hydrogen-bond donors (Lipinski definition) is 1. The van der Waals surface area contributed by atoms with Crippen molar-refractivity contribution in [2.75, 3.05) is 0 Å². The van der Waals surface area contributed by atoms with Crippen molar-refractivity contribution in [3.05, 3.63) is 45.7 Å². The number of halogens is 1. The maximum absolute atomic E-state index is 13.1. The summed E-state index contributed by atoms with van der Waals surface area (Å²) < 4.78 is 18.7. The highest BCUT2D eigenvalue weighted by atomic mass is 32.1. The van der Waals surface area contributed by atoms with Gasteiger partial charge in [-0.15, -0.1) is 11.3 Å². The van der Waals surface area contributed by atoms with Crippen LogP contribution in [0.25, 0.3) is 0 Å². The predicted molar refractivity (Wildman–Crippen MR) is 68.2 cm³/mol. The summed E-state index contributed by atoms with van der Waals surface area (Å²) in [6.07, 6.45) is -0.770. The monoisotopic (exact) mass is 267 g/mol. The lowest BCUT2D eigenvalue weighted by Crippen LogP contribution is -2.02. The van der Waals surface area contributed by atoms with E-state index < -0.39 is 6.10 Å². The lowest BCUT2D eigenvalue weighted by atomic mass is 10.1. The molecule has 0 aliphatic carbocycles. The van der Waals surface area contributed by atoms with Crippen LogP contribution in [0.15, 0.2) is 23.6 Å². The van der Waals surface area contributed by atoms with Crippen molar-refractivity contribution in [2.24, 2.45) is 0 Å². The molecule has 0 spiro atoms. The van der Waals surface area contributed by atoms with E-state index >= 15 is 0 Å². The smallest absolute Gasteiger partial charge is 0.131 e. The summed E-state index contributed by atoms with van der Waals surface area (Å²) in [6, 6.07) is 4.12. The Hall–Kier alpha value is -1.46. The van der Waals surface area contributed by atoms with Crippen LogP contribution < -0.4 is 4.74 Å². The molecule has 0 saturated heterocycles. The fourth-order valence-electron chi connectivity index (χ4n) is 1.60. The Balaban J connectivity index is 2.13. The zero-order valence-corrected chi connectivity index (χ0v) is 11.0. The van der Waals surface area contributed by atoms with Crippen molar-refractivity contribution in [2.45, 2.75) is 26.6 Å². The van der Waals surface area contributed by atoms with Gasteiger partial charge in [0, 0.05) is 10.9 Å².